The molecule has 0 bridgehead atoms. The van der Waals surface area contributed by atoms with Crippen molar-refractivity contribution < 1.29 is 19.1 Å². The molecule has 0 aliphatic rings. The Bertz CT molecular complexity index is 1200. The van der Waals surface area contributed by atoms with Gasteiger partial charge >= 0.3 is 0 Å². The lowest BCUT2D eigenvalue weighted by atomic mass is 10.2. The fourth-order valence-electron chi connectivity index (χ4n) is 3.47. The lowest BCUT2D eigenvalue weighted by molar-refractivity contribution is -0.117. The summed E-state index contributed by atoms with van der Waals surface area (Å²) in [5.41, 5.74) is 7.73. The Balaban J connectivity index is 1.61. The Hall–Kier alpha value is -3.81. The first kappa shape index (κ1) is 24.8. The highest BCUT2D eigenvalue weighted by molar-refractivity contribution is 5.99. The Kier molecular flexibility index (Phi) is 8.29. The van der Waals surface area contributed by atoms with Crippen LogP contribution in [0, 0.1) is 12.8 Å². The van der Waals surface area contributed by atoms with E-state index in [4.69, 9.17) is 9.47 Å². The number of fused-ring (bicyclic) bond motifs is 1. The summed E-state index contributed by atoms with van der Waals surface area (Å²) in [5.74, 6) is 1.69. The zero-order valence-electron chi connectivity index (χ0n) is 20.3. The molecule has 0 unspecified atom stereocenters. The molecule has 180 valence electrons. The van der Waals surface area contributed by atoms with Crippen LogP contribution in [0.2, 0.25) is 0 Å². The van der Waals surface area contributed by atoms with E-state index in [1.54, 1.807) is 18.2 Å². The van der Waals surface area contributed by atoms with E-state index in [1.165, 1.54) is 6.08 Å². The molecule has 2 N–H and O–H groups in total. The third-order valence-corrected chi connectivity index (χ3v) is 5.08. The highest BCUT2D eigenvalue weighted by Crippen LogP contribution is 2.29. The van der Waals surface area contributed by atoms with Gasteiger partial charge in [0.25, 0.3) is 11.8 Å². The summed E-state index contributed by atoms with van der Waals surface area (Å²) in [4.78, 5) is 29.2. The second kappa shape index (κ2) is 11.4. The molecular weight excluding hydrogens is 432 g/mol. The summed E-state index contributed by atoms with van der Waals surface area (Å²) in [5, 5.41) is 0. The molecule has 0 spiro atoms. The number of rotatable bonds is 9. The van der Waals surface area contributed by atoms with Gasteiger partial charge in [-0.15, -0.1) is 0 Å². The van der Waals surface area contributed by atoms with Crippen molar-refractivity contribution in [2.24, 2.45) is 5.92 Å². The van der Waals surface area contributed by atoms with Crippen LogP contribution >= 0.6 is 0 Å². The zero-order valence-corrected chi connectivity index (χ0v) is 20.3. The van der Waals surface area contributed by atoms with Gasteiger partial charge in [0.2, 0.25) is 0 Å². The van der Waals surface area contributed by atoms with Crippen LogP contribution in [0.4, 0.5) is 0 Å². The number of carbonyl (C=O) groups is 2. The molecule has 0 saturated carbocycles. The number of benzene rings is 2. The Labute approximate surface area is 199 Å². The summed E-state index contributed by atoms with van der Waals surface area (Å²) in [6.07, 6.45) is 2.98. The van der Waals surface area contributed by atoms with Crippen molar-refractivity contribution in [1.29, 1.82) is 0 Å². The predicted octanol–water partition coefficient (Wildman–Crippen LogP) is 4.27. The second-order valence-corrected chi connectivity index (χ2v) is 8.23. The van der Waals surface area contributed by atoms with Gasteiger partial charge in [-0.3, -0.25) is 20.4 Å². The average molecular weight is 465 g/mol. The van der Waals surface area contributed by atoms with Gasteiger partial charge in [0.1, 0.15) is 5.82 Å². The topological polar surface area (TPSA) is 94.5 Å². The maximum atomic E-state index is 12.5. The molecule has 3 aromatic rings. The van der Waals surface area contributed by atoms with E-state index < -0.39 is 11.8 Å². The summed E-state index contributed by atoms with van der Waals surface area (Å²) in [6, 6.07) is 10.8. The molecule has 0 atom stereocenters. The largest absolute Gasteiger partial charge is 0.490 e. The van der Waals surface area contributed by atoms with E-state index in [-0.39, 0.29) is 0 Å². The van der Waals surface area contributed by atoms with Gasteiger partial charge in [0, 0.05) is 18.2 Å². The SMILES string of the molecule is CCOc1cc(C=CC(=O)NNC(=O)c2ccc3c(c2)nc(C)n3CC)ccc1OCC(C)C. The van der Waals surface area contributed by atoms with E-state index in [9.17, 15) is 9.59 Å². The average Bonchev–Trinajstić information content (AvgIpc) is 3.14. The molecule has 1 aromatic heterocycles. The second-order valence-electron chi connectivity index (χ2n) is 8.23. The zero-order chi connectivity index (χ0) is 24.7. The normalized spacial score (nSPS) is 11.2. The molecule has 2 amide bonds. The van der Waals surface area contributed by atoms with Crippen LogP contribution in [0.5, 0.6) is 11.5 Å². The van der Waals surface area contributed by atoms with Gasteiger partial charge in [-0.25, -0.2) is 4.98 Å². The van der Waals surface area contributed by atoms with Crippen molar-refractivity contribution in [3.63, 3.8) is 0 Å². The van der Waals surface area contributed by atoms with Crippen LogP contribution in [0.25, 0.3) is 17.1 Å². The molecular formula is C26H32N4O4. The minimum Gasteiger partial charge on any atom is -0.490 e. The van der Waals surface area contributed by atoms with Crippen molar-refractivity contribution >= 4 is 28.9 Å². The number of aromatic nitrogens is 2. The molecule has 0 aliphatic carbocycles. The number of imidazole rings is 1. The summed E-state index contributed by atoms with van der Waals surface area (Å²) in [6.45, 7) is 11.9. The molecule has 8 heteroatoms. The predicted molar refractivity (Wildman–Crippen MR) is 133 cm³/mol. The Morgan fingerprint density at radius 1 is 1.06 bits per heavy atom. The molecule has 34 heavy (non-hydrogen) atoms. The number of hydrazine groups is 1. The van der Waals surface area contributed by atoms with E-state index in [1.807, 2.05) is 45.0 Å². The van der Waals surface area contributed by atoms with Gasteiger partial charge in [0.15, 0.2) is 11.5 Å². The highest BCUT2D eigenvalue weighted by Gasteiger charge is 2.11. The van der Waals surface area contributed by atoms with E-state index >= 15 is 0 Å². The van der Waals surface area contributed by atoms with Gasteiger partial charge in [-0.2, -0.15) is 0 Å². The molecule has 8 nitrogen and oxygen atoms in total. The van der Waals surface area contributed by atoms with Crippen molar-refractivity contribution in [2.75, 3.05) is 13.2 Å². The molecule has 0 saturated heterocycles. The number of amides is 2. The van der Waals surface area contributed by atoms with Crippen LogP contribution in [-0.4, -0.2) is 34.6 Å². The quantitative estimate of drug-likeness (QED) is 0.364. The number of nitrogens with zero attached hydrogens (tertiary/aromatic N) is 2. The number of carbonyl (C=O) groups excluding carboxylic acids is 2. The van der Waals surface area contributed by atoms with Gasteiger partial charge in [-0.05, 0) is 68.7 Å². The Morgan fingerprint density at radius 3 is 2.56 bits per heavy atom. The first-order valence-corrected chi connectivity index (χ1v) is 11.5. The van der Waals surface area contributed by atoms with E-state index in [0.717, 1.165) is 29.0 Å². The fourth-order valence-corrected chi connectivity index (χ4v) is 3.47. The van der Waals surface area contributed by atoms with Crippen LogP contribution in [0.3, 0.4) is 0 Å². The van der Waals surface area contributed by atoms with E-state index in [0.29, 0.717) is 36.2 Å². The molecule has 0 radical (unpaired) electrons. The monoisotopic (exact) mass is 464 g/mol. The van der Waals surface area contributed by atoms with Crippen LogP contribution in [-0.2, 0) is 11.3 Å². The fraction of sp³-hybridized carbons (Fsp3) is 0.346. The Morgan fingerprint density at radius 2 is 1.85 bits per heavy atom. The minimum absolute atomic E-state index is 0.396. The molecule has 1 heterocycles. The molecule has 0 aliphatic heterocycles. The van der Waals surface area contributed by atoms with Gasteiger partial charge in [0.05, 0.1) is 24.2 Å². The summed E-state index contributed by atoms with van der Waals surface area (Å²) < 4.78 is 13.5. The molecule has 2 aromatic carbocycles. The van der Waals surface area contributed by atoms with Crippen LogP contribution < -0.4 is 20.3 Å². The van der Waals surface area contributed by atoms with Crippen LogP contribution in [0.15, 0.2) is 42.5 Å². The van der Waals surface area contributed by atoms with E-state index in [2.05, 4.69) is 34.3 Å². The van der Waals surface area contributed by atoms with Crippen molar-refractivity contribution in [2.45, 2.75) is 41.2 Å². The summed E-state index contributed by atoms with van der Waals surface area (Å²) >= 11 is 0. The number of hydrogen-bond acceptors (Lipinski definition) is 5. The van der Waals surface area contributed by atoms with Gasteiger partial charge in [-0.1, -0.05) is 19.9 Å². The van der Waals surface area contributed by atoms with Crippen molar-refractivity contribution in [3.05, 3.63) is 59.4 Å². The number of nitrogens with one attached hydrogen (secondary N) is 2. The maximum absolute atomic E-state index is 12.5. The number of ether oxygens (including phenoxy) is 2. The standard InChI is InChI=1S/C26H32N4O4/c1-6-30-18(5)27-21-15-20(10-11-22(21)30)26(32)29-28-25(31)13-9-19-8-12-23(34-16-17(3)4)24(14-19)33-7-2/h8-15,17H,6-7,16H2,1-5H3,(H,28,31)(H,29,32). The summed E-state index contributed by atoms with van der Waals surface area (Å²) in [7, 11) is 0. The third-order valence-electron chi connectivity index (χ3n) is 5.08. The molecule has 0 fully saturated rings. The van der Waals surface area contributed by atoms with Crippen LogP contribution in [0.1, 0.15) is 49.4 Å². The highest BCUT2D eigenvalue weighted by atomic mass is 16.5. The first-order chi connectivity index (χ1) is 16.3. The lowest BCUT2D eigenvalue weighted by Gasteiger charge is -2.14. The lowest BCUT2D eigenvalue weighted by Crippen LogP contribution is -2.40. The minimum atomic E-state index is -0.460. The number of aryl methyl sites for hydroxylation is 2. The number of hydrogen-bond donors (Lipinski definition) is 2. The van der Waals surface area contributed by atoms with Gasteiger partial charge < -0.3 is 14.0 Å². The maximum Gasteiger partial charge on any atom is 0.269 e. The third kappa shape index (κ3) is 6.15. The molecule has 3 rings (SSSR count). The van der Waals surface area contributed by atoms with Crippen molar-refractivity contribution in [1.82, 2.24) is 20.4 Å². The smallest absolute Gasteiger partial charge is 0.269 e. The first-order valence-electron chi connectivity index (χ1n) is 11.5. The van der Waals surface area contributed by atoms with Crippen molar-refractivity contribution in [3.8, 4) is 11.5 Å².